The number of carbonyl (C=O) groups excluding carboxylic acids is 1. The molecule has 1 aromatic carbocycles. The van der Waals surface area contributed by atoms with Gasteiger partial charge in [-0.15, -0.1) is 0 Å². The van der Waals surface area contributed by atoms with Crippen molar-refractivity contribution in [3.8, 4) is 0 Å². The summed E-state index contributed by atoms with van der Waals surface area (Å²) in [6, 6.07) is 7.76. The van der Waals surface area contributed by atoms with Crippen molar-refractivity contribution in [1.29, 1.82) is 0 Å². The highest BCUT2D eigenvalue weighted by atomic mass is 16.5. The van der Waals surface area contributed by atoms with Gasteiger partial charge in [0.05, 0.1) is 12.7 Å². The molecule has 1 heterocycles. The highest BCUT2D eigenvalue weighted by Gasteiger charge is 2.12. The normalized spacial score (nSPS) is 16.4. The number of hydrogen-bond donors (Lipinski definition) is 2. The molecule has 1 aliphatic heterocycles. The molecule has 0 saturated carbocycles. The van der Waals surface area contributed by atoms with Crippen molar-refractivity contribution in [2.45, 2.75) is 31.8 Å². The first-order valence-corrected chi connectivity index (χ1v) is 8.01. The number of piperidine rings is 1. The predicted octanol–water partition coefficient (Wildman–Crippen LogP) is 1.80. The van der Waals surface area contributed by atoms with Gasteiger partial charge in [0, 0.05) is 38.0 Å². The molecule has 0 aromatic heterocycles. The molecule has 0 spiro atoms. The minimum atomic E-state index is -0.535. The van der Waals surface area contributed by atoms with E-state index in [0.717, 1.165) is 13.1 Å². The fourth-order valence-corrected chi connectivity index (χ4v) is 2.71. The molecule has 0 bridgehead atoms. The number of nitrogens with zero attached hydrogens (tertiary/aromatic N) is 1. The summed E-state index contributed by atoms with van der Waals surface area (Å²) in [5.41, 5.74) is 1.84. The lowest BCUT2D eigenvalue weighted by molar-refractivity contribution is 0.0587. The Morgan fingerprint density at radius 2 is 1.95 bits per heavy atom. The van der Waals surface area contributed by atoms with Crippen molar-refractivity contribution in [1.82, 2.24) is 5.32 Å². The predicted molar refractivity (Wildman–Crippen MR) is 87.3 cm³/mol. The van der Waals surface area contributed by atoms with Crippen LogP contribution in [0.2, 0.25) is 0 Å². The van der Waals surface area contributed by atoms with E-state index >= 15 is 0 Å². The molecule has 5 heteroatoms. The second-order valence-corrected chi connectivity index (χ2v) is 5.75. The van der Waals surface area contributed by atoms with Crippen LogP contribution in [0.3, 0.4) is 0 Å². The van der Waals surface area contributed by atoms with Gasteiger partial charge in [-0.3, -0.25) is 4.79 Å². The Kier molecular flexibility index (Phi) is 6.68. The van der Waals surface area contributed by atoms with Crippen LogP contribution in [0.5, 0.6) is 0 Å². The molecule has 2 rings (SSSR count). The van der Waals surface area contributed by atoms with Gasteiger partial charge in [0.1, 0.15) is 0 Å². The Labute approximate surface area is 132 Å². The molecule has 122 valence electrons. The molecule has 1 atom stereocenters. The maximum Gasteiger partial charge on any atom is 0.251 e. The Balaban J connectivity index is 1.80. The molecule has 1 aromatic rings. The van der Waals surface area contributed by atoms with E-state index < -0.39 is 6.10 Å². The number of aliphatic hydroxyl groups excluding tert-OH is 1. The summed E-state index contributed by atoms with van der Waals surface area (Å²) in [6.45, 7) is 2.93. The van der Waals surface area contributed by atoms with Gasteiger partial charge in [-0.25, -0.2) is 0 Å². The third-order valence-electron chi connectivity index (χ3n) is 3.97. The molecule has 1 aliphatic rings. The van der Waals surface area contributed by atoms with Crippen molar-refractivity contribution in [2.24, 2.45) is 0 Å². The van der Waals surface area contributed by atoms with E-state index in [1.165, 1.54) is 24.9 Å². The lowest BCUT2D eigenvalue weighted by Crippen LogP contribution is -2.30. The van der Waals surface area contributed by atoms with Crippen LogP contribution in [0, 0.1) is 0 Å². The van der Waals surface area contributed by atoms with Crippen molar-refractivity contribution < 1.29 is 14.6 Å². The number of ether oxygens (including phenoxy) is 1. The molecule has 1 amide bonds. The number of anilines is 1. The number of methoxy groups -OCH3 is 1. The second kappa shape index (κ2) is 8.76. The van der Waals surface area contributed by atoms with Crippen LogP contribution < -0.4 is 10.2 Å². The van der Waals surface area contributed by atoms with E-state index in [4.69, 9.17) is 4.74 Å². The lowest BCUT2D eigenvalue weighted by Gasteiger charge is -2.28. The molecule has 0 aliphatic carbocycles. The number of nitrogens with one attached hydrogen (secondary N) is 1. The Bertz CT molecular complexity index is 455. The minimum absolute atomic E-state index is 0.102. The molecular formula is C17H26N2O3. The lowest BCUT2D eigenvalue weighted by atomic mass is 10.1. The first-order chi connectivity index (χ1) is 10.7. The van der Waals surface area contributed by atoms with Gasteiger partial charge < -0.3 is 20.1 Å². The first-order valence-electron chi connectivity index (χ1n) is 8.01. The van der Waals surface area contributed by atoms with E-state index in [-0.39, 0.29) is 5.91 Å². The average molecular weight is 306 g/mol. The van der Waals surface area contributed by atoms with E-state index in [1.54, 1.807) is 7.11 Å². The van der Waals surface area contributed by atoms with Gasteiger partial charge in [-0.2, -0.15) is 0 Å². The van der Waals surface area contributed by atoms with Crippen molar-refractivity contribution >= 4 is 11.6 Å². The summed E-state index contributed by atoms with van der Waals surface area (Å²) in [4.78, 5) is 14.4. The summed E-state index contributed by atoms with van der Waals surface area (Å²) >= 11 is 0. The Morgan fingerprint density at radius 1 is 1.27 bits per heavy atom. The third kappa shape index (κ3) is 5.00. The number of carbonyl (C=O) groups is 1. The van der Waals surface area contributed by atoms with E-state index in [2.05, 4.69) is 10.2 Å². The monoisotopic (exact) mass is 306 g/mol. The average Bonchev–Trinajstić information content (AvgIpc) is 2.56. The summed E-state index contributed by atoms with van der Waals surface area (Å²) in [7, 11) is 1.55. The van der Waals surface area contributed by atoms with Crippen molar-refractivity contribution in [3.63, 3.8) is 0 Å². The zero-order valence-electron chi connectivity index (χ0n) is 13.3. The molecule has 22 heavy (non-hydrogen) atoms. The van der Waals surface area contributed by atoms with Crippen LogP contribution in [0.25, 0.3) is 0 Å². The van der Waals surface area contributed by atoms with Crippen LogP contribution in [-0.2, 0) is 4.74 Å². The van der Waals surface area contributed by atoms with E-state index in [1.807, 2.05) is 24.3 Å². The number of aliphatic hydroxyl groups is 1. The SMILES string of the molecule is COCC(O)CCNC(=O)c1ccc(N2CCCCC2)cc1. The zero-order valence-corrected chi connectivity index (χ0v) is 13.3. The van der Waals surface area contributed by atoms with E-state index in [9.17, 15) is 9.90 Å². The number of benzene rings is 1. The highest BCUT2D eigenvalue weighted by Crippen LogP contribution is 2.20. The quantitative estimate of drug-likeness (QED) is 0.806. The van der Waals surface area contributed by atoms with Crippen LogP contribution in [0.1, 0.15) is 36.0 Å². The minimum Gasteiger partial charge on any atom is -0.391 e. The fraction of sp³-hybridized carbons (Fsp3) is 0.588. The van der Waals surface area contributed by atoms with Gasteiger partial charge in [0.15, 0.2) is 0 Å². The second-order valence-electron chi connectivity index (χ2n) is 5.75. The summed E-state index contributed by atoms with van der Waals surface area (Å²) in [6.07, 6.45) is 3.75. The maximum absolute atomic E-state index is 12.0. The van der Waals surface area contributed by atoms with Crippen molar-refractivity contribution in [2.75, 3.05) is 38.3 Å². The van der Waals surface area contributed by atoms with Crippen LogP contribution in [0.4, 0.5) is 5.69 Å². The van der Waals surface area contributed by atoms with Gasteiger partial charge in [0.2, 0.25) is 0 Å². The van der Waals surface area contributed by atoms with Gasteiger partial charge in [-0.05, 0) is 49.9 Å². The van der Waals surface area contributed by atoms with E-state index in [0.29, 0.717) is 25.1 Å². The topological polar surface area (TPSA) is 61.8 Å². The molecule has 2 N–H and O–H groups in total. The summed E-state index contributed by atoms with van der Waals surface area (Å²) in [5.74, 6) is -0.102. The largest absolute Gasteiger partial charge is 0.391 e. The molecule has 1 unspecified atom stereocenters. The summed E-state index contributed by atoms with van der Waals surface area (Å²) < 4.78 is 4.85. The van der Waals surface area contributed by atoms with Crippen LogP contribution in [-0.4, -0.2) is 50.5 Å². The van der Waals surface area contributed by atoms with Crippen LogP contribution in [0.15, 0.2) is 24.3 Å². The molecule has 1 saturated heterocycles. The smallest absolute Gasteiger partial charge is 0.251 e. The number of hydrogen-bond acceptors (Lipinski definition) is 4. The zero-order chi connectivity index (χ0) is 15.8. The first kappa shape index (κ1) is 16.8. The maximum atomic E-state index is 12.0. The van der Waals surface area contributed by atoms with Gasteiger partial charge in [0.25, 0.3) is 5.91 Å². The van der Waals surface area contributed by atoms with Gasteiger partial charge >= 0.3 is 0 Å². The summed E-state index contributed by atoms with van der Waals surface area (Å²) in [5, 5.41) is 12.4. The standard InChI is InChI=1S/C17H26N2O3/c1-22-13-16(20)9-10-18-17(21)14-5-7-15(8-6-14)19-11-3-2-4-12-19/h5-8,16,20H,2-4,9-13H2,1H3,(H,18,21). The molecule has 1 fully saturated rings. The number of amides is 1. The highest BCUT2D eigenvalue weighted by molar-refractivity contribution is 5.94. The molecule has 0 radical (unpaired) electrons. The Hall–Kier alpha value is -1.59. The Morgan fingerprint density at radius 3 is 2.59 bits per heavy atom. The third-order valence-corrected chi connectivity index (χ3v) is 3.97. The van der Waals surface area contributed by atoms with Crippen molar-refractivity contribution in [3.05, 3.63) is 29.8 Å². The molecular weight excluding hydrogens is 280 g/mol. The number of rotatable bonds is 7. The molecule has 5 nitrogen and oxygen atoms in total. The van der Waals surface area contributed by atoms with Crippen LogP contribution >= 0.6 is 0 Å². The van der Waals surface area contributed by atoms with Gasteiger partial charge in [-0.1, -0.05) is 0 Å². The fourth-order valence-electron chi connectivity index (χ4n) is 2.71.